The van der Waals surface area contributed by atoms with Gasteiger partial charge in [-0.05, 0) is 14.0 Å². The van der Waals surface area contributed by atoms with E-state index in [1.54, 1.807) is 6.08 Å². The van der Waals surface area contributed by atoms with Crippen molar-refractivity contribution >= 4 is 5.91 Å². The van der Waals surface area contributed by atoms with Gasteiger partial charge >= 0.3 is 0 Å². The number of nitriles is 1. The maximum absolute atomic E-state index is 11.2. The third kappa shape index (κ3) is 5.33. The highest BCUT2D eigenvalue weighted by molar-refractivity contribution is 5.78. The molecule has 78 valence electrons. The topological polar surface area (TPSA) is 56.1 Å². The van der Waals surface area contributed by atoms with E-state index in [0.29, 0.717) is 19.5 Å². The van der Waals surface area contributed by atoms with E-state index >= 15 is 0 Å². The zero-order chi connectivity index (χ0) is 11.0. The van der Waals surface area contributed by atoms with Crippen LogP contribution in [0.1, 0.15) is 13.3 Å². The van der Waals surface area contributed by atoms with Crippen LogP contribution in [-0.4, -0.2) is 37.0 Å². The standard InChI is InChI=1S/C10H17N3O/c1-4-7-12-10(14)8-13(3)9(2)5-6-11/h4,9H,1,5,7-8H2,2-3H3,(H,12,14). The number of nitrogens with one attached hydrogen (secondary N) is 1. The molecule has 0 aromatic heterocycles. The maximum Gasteiger partial charge on any atom is 0.234 e. The molecule has 0 aromatic rings. The molecule has 1 atom stereocenters. The molecule has 0 aromatic carbocycles. The average molecular weight is 195 g/mol. The van der Waals surface area contributed by atoms with Crippen molar-refractivity contribution in [2.75, 3.05) is 20.1 Å². The fourth-order valence-corrected chi connectivity index (χ4v) is 0.912. The monoisotopic (exact) mass is 195 g/mol. The molecule has 0 spiro atoms. The second kappa shape index (κ2) is 7.10. The van der Waals surface area contributed by atoms with Crippen LogP contribution < -0.4 is 5.32 Å². The normalized spacial score (nSPS) is 11.9. The lowest BCUT2D eigenvalue weighted by Gasteiger charge is -2.21. The van der Waals surface area contributed by atoms with Gasteiger partial charge in [0, 0.05) is 12.6 Å². The fourth-order valence-electron chi connectivity index (χ4n) is 0.912. The lowest BCUT2D eigenvalue weighted by atomic mass is 10.2. The van der Waals surface area contributed by atoms with Crippen LogP contribution in [0.2, 0.25) is 0 Å². The zero-order valence-electron chi connectivity index (χ0n) is 8.79. The van der Waals surface area contributed by atoms with E-state index in [4.69, 9.17) is 5.26 Å². The molecular weight excluding hydrogens is 178 g/mol. The predicted molar refractivity (Wildman–Crippen MR) is 55.5 cm³/mol. The molecule has 0 bridgehead atoms. The average Bonchev–Trinajstić information content (AvgIpc) is 2.15. The van der Waals surface area contributed by atoms with Crippen LogP contribution >= 0.6 is 0 Å². The SMILES string of the molecule is C=CCNC(=O)CN(C)C(C)CC#N. The van der Waals surface area contributed by atoms with Crippen LogP contribution in [0.4, 0.5) is 0 Å². The molecule has 0 aliphatic carbocycles. The van der Waals surface area contributed by atoms with Gasteiger partial charge in [0.15, 0.2) is 0 Å². The van der Waals surface area contributed by atoms with Crippen LogP contribution in [0.25, 0.3) is 0 Å². The second-order valence-corrected chi connectivity index (χ2v) is 3.22. The molecule has 1 unspecified atom stereocenters. The van der Waals surface area contributed by atoms with Crippen molar-refractivity contribution in [2.24, 2.45) is 0 Å². The third-order valence-corrected chi connectivity index (χ3v) is 1.98. The molecule has 4 heteroatoms. The van der Waals surface area contributed by atoms with Crippen LogP contribution in [0.15, 0.2) is 12.7 Å². The molecule has 1 N–H and O–H groups in total. The van der Waals surface area contributed by atoms with Gasteiger partial charge in [-0.2, -0.15) is 5.26 Å². The quantitative estimate of drug-likeness (QED) is 0.629. The summed E-state index contributed by atoms with van der Waals surface area (Å²) < 4.78 is 0. The summed E-state index contributed by atoms with van der Waals surface area (Å²) in [5.41, 5.74) is 0. The Balaban J connectivity index is 3.81. The minimum absolute atomic E-state index is 0.0443. The Bertz CT molecular complexity index is 232. The lowest BCUT2D eigenvalue weighted by molar-refractivity contribution is -0.122. The highest BCUT2D eigenvalue weighted by Gasteiger charge is 2.11. The summed E-state index contributed by atoms with van der Waals surface area (Å²) in [6.45, 7) is 6.23. The van der Waals surface area contributed by atoms with Crippen LogP contribution in [-0.2, 0) is 4.79 Å². The Morgan fingerprint density at radius 1 is 1.79 bits per heavy atom. The van der Waals surface area contributed by atoms with Crippen molar-refractivity contribution in [2.45, 2.75) is 19.4 Å². The minimum Gasteiger partial charge on any atom is -0.352 e. The number of hydrogen-bond donors (Lipinski definition) is 1. The number of rotatable bonds is 6. The summed E-state index contributed by atoms with van der Waals surface area (Å²) in [7, 11) is 1.83. The van der Waals surface area contributed by atoms with E-state index in [2.05, 4.69) is 18.0 Å². The highest BCUT2D eigenvalue weighted by atomic mass is 16.2. The van der Waals surface area contributed by atoms with Gasteiger partial charge in [0.2, 0.25) is 5.91 Å². The summed E-state index contributed by atoms with van der Waals surface area (Å²) >= 11 is 0. The van der Waals surface area contributed by atoms with Crippen LogP contribution in [0.3, 0.4) is 0 Å². The number of carbonyl (C=O) groups excluding carboxylic acids is 1. The molecule has 14 heavy (non-hydrogen) atoms. The first-order valence-corrected chi connectivity index (χ1v) is 4.56. The van der Waals surface area contributed by atoms with Crippen molar-refractivity contribution < 1.29 is 4.79 Å². The number of likely N-dealkylation sites (N-methyl/N-ethyl adjacent to an activating group) is 1. The summed E-state index contributed by atoms with van der Waals surface area (Å²) in [6.07, 6.45) is 2.07. The van der Waals surface area contributed by atoms with Crippen LogP contribution in [0.5, 0.6) is 0 Å². The van der Waals surface area contributed by atoms with Crippen molar-refractivity contribution in [1.82, 2.24) is 10.2 Å². The van der Waals surface area contributed by atoms with E-state index in [0.717, 1.165) is 0 Å². The Kier molecular flexibility index (Phi) is 6.42. The summed E-state index contributed by atoms with van der Waals surface area (Å²) in [5.74, 6) is -0.0443. The molecule has 0 aliphatic heterocycles. The molecule has 0 rings (SSSR count). The van der Waals surface area contributed by atoms with Crippen molar-refractivity contribution in [3.63, 3.8) is 0 Å². The number of hydrogen-bond acceptors (Lipinski definition) is 3. The van der Waals surface area contributed by atoms with Gasteiger partial charge in [-0.3, -0.25) is 9.69 Å². The highest BCUT2D eigenvalue weighted by Crippen LogP contribution is 1.98. The van der Waals surface area contributed by atoms with Gasteiger partial charge in [0.05, 0.1) is 19.0 Å². The maximum atomic E-state index is 11.2. The number of nitrogens with zero attached hydrogens (tertiary/aromatic N) is 2. The van der Waals surface area contributed by atoms with E-state index in [1.807, 2.05) is 18.9 Å². The Labute approximate surface area is 85.2 Å². The Morgan fingerprint density at radius 2 is 2.43 bits per heavy atom. The van der Waals surface area contributed by atoms with Gasteiger partial charge in [0.25, 0.3) is 0 Å². The van der Waals surface area contributed by atoms with E-state index in [1.165, 1.54) is 0 Å². The second-order valence-electron chi connectivity index (χ2n) is 3.22. The molecule has 0 heterocycles. The van der Waals surface area contributed by atoms with Gasteiger partial charge in [-0.25, -0.2) is 0 Å². The molecule has 4 nitrogen and oxygen atoms in total. The smallest absolute Gasteiger partial charge is 0.234 e. The van der Waals surface area contributed by atoms with E-state index < -0.39 is 0 Å². The molecule has 0 saturated carbocycles. The van der Waals surface area contributed by atoms with Gasteiger partial charge in [-0.15, -0.1) is 6.58 Å². The third-order valence-electron chi connectivity index (χ3n) is 1.98. The summed E-state index contributed by atoms with van der Waals surface area (Å²) in [5, 5.41) is 11.1. The molecule has 1 amide bonds. The van der Waals surface area contributed by atoms with Crippen molar-refractivity contribution in [3.8, 4) is 6.07 Å². The van der Waals surface area contributed by atoms with E-state index in [-0.39, 0.29) is 11.9 Å². The molecule has 0 aliphatic rings. The summed E-state index contributed by atoms with van der Waals surface area (Å²) in [6, 6.07) is 2.18. The Hall–Kier alpha value is -1.34. The fraction of sp³-hybridized carbons (Fsp3) is 0.600. The largest absolute Gasteiger partial charge is 0.352 e. The zero-order valence-corrected chi connectivity index (χ0v) is 8.79. The van der Waals surface area contributed by atoms with Crippen molar-refractivity contribution in [1.29, 1.82) is 5.26 Å². The minimum atomic E-state index is -0.0443. The number of carbonyl (C=O) groups is 1. The first-order chi connectivity index (χ1) is 6.61. The predicted octanol–water partition coefficient (Wildman–Crippen LogP) is 0.523. The van der Waals surface area contributed by atoms with Gasteiger partial charge in [-0.1, -0.05) is 6.08 Å². The van der Waals surface area contributed by atoms with Gasteiger partial charge < -0.3 is 5.32 Å². The molecule has 0 fully saturated rings. The first-order valence-electron chi connectivity index (χ1n) is 4.56. The number of amides is 1. The summed E-state index contributed by atoms with van der Waals surface area (Å²) in [4.78, 5) is 13.1. The van der Waals surface area contributed by atoms with E-state index in [9.17, 15) is 4.79 Å². The lowest BCUT2D eigenvalue weighted by Crippen LogP contribution is -2.39. The molecule has 0 radical (unpaired) electrons. The molecular formula is C10H17N3O. The van der Waals surface area contributed by atoms with Gasteiger partial charge in [0.1, 0.15) is 0 Å². The molecule has 0 saturated heterocycles. The Morgan fingerprint density at radius 3 is 2.93 bits per heavy atom. The van der Waals surface area contributed by atoms with Crippen LogP contribution in [0, 0.1) is 11.3 Å². The van der Waals surface area contributed by atoms with Crippen molar-refractivity contribution in [3.05, 3.63) is 12.7 Å². The first kappa shape index (κ1) is 12.7.